The molecule has 3 aromatic carbocycles. The van der Waals surface area contributed by atoms with Crippen LogP contribution in [-0.4, -0.2) is 116 Å². The van der Waals surface area contributed by atoms with Gasteiger partial charge in [0.15, 0.2) is 15.6 Å². The summed E-state index contributed by atoms with van der Waals surface area (Å²) < 4.78 is 120. The predicted octanol–water partition coefficient (Wildman–Crippen LogP) is 9.67. The third-order valence-corrected chi connectivity index (χ3v) is 14.6. The third kappa shape index (κ3) is 11.5. The number of alkyl halides is 6. The number of nitro benzene ring substituents is 1. The van der Waals surface area contributed by atoms with E-state index < -0.39 is 67.6 Å². The van der Waals surface area contributed by atoms with Crippen LogP contribution < -0.4 is 15.0 Å². The number of anilines is 2. The quantitative estimate of drug-likeness (QED) is 0.0357. The number of carbonyl (C=O) groups is 1. The zero-order valence-electron chi connectivity index (χ0n) is 38.0. The molecule has 1 aliphatic carbocycles. The molecule has 0 radical (unpaired) electrons. The topological polar surface area (TPSA) is 163 Å². The zero-order chi connectivity index (χ0) is 49.5. The van der Waals surface area contributed by atoms with Crippen molar-refractivity contribution >= 4 is 49.3 Å². The number of aromatic amines is 1. The van der Waals surface area contributed by atoms with Crippen molar-refractivity contribution in [2.45, 2.75) is 63.5 Å². The number of carbonyl (C=O) groups excluding carboxylic acids is 1. The van der Waals surface area contributed by atoms with Crippen molar-refractivity contribution in [1.82, 2.24) is 19.8 Å². The van der Waals surface area contributed by atoms with Crippen molar-refractivity contribution < 1.29 is 54.0 Å². The first-order valence-corrected chi connectivity index (χ1v) is 24.0. The summed E-state index contributed by atoms with van der Waals surface area (Å²) in [6.07, 6.45) is -4.30. The Balaban J connectivity index is 0.994. The molecule has 2 aliphatic heterocycles. The molecule has 1 atom stereocenters. The number of Topliss-reactive ketones (excluding diaryl/α,β-unsaturated/α-hetero) is 1. The van der Waals surface area contributed by atoms with Gasteiger partial charge in [-0.2, -0.15) is 26.3 Å². The zero-order valence-corrected chi connectivity index (χ0v) is 38.9. The number of ketones is 1. The Labute approximate surface area is 394 Å². The van der Waals surface area contributed by atoms with Gasteiger partial charge in [0.05, 0.1) is 39.9 Å². The molecule has 0 spiro atoms. The molecule has 3 aliphatic rings. The lowest BCUT2D eigenvalue weighted by molar-refractivity contribution is -0.384. The van der Waals surface area contributed by atoms with Crippen LogP contribution in [0.4, 0.5) is 43.4 Å². The fourth-order valence-corrected chi connectivity index (χ4v) is 10.4. The highest BCUT2D eigenvalue weighted by Crippen LogP contribution is 2.45. The number of halogens is 6. The molecule has 69 heavy (non-hydrogen) atoms. The van der Waals surface area contributed by atoms with Gasteiger partial charge in [-0.3, -0.25) is 19.8 Å². The number of hydrogen-bond acceptors (Lipinski definition) is 12. The highest BCUT2D eigenvalue weighted by molar-refractivity contribution is 7.92. The smallest absolute Gasteiger partial charge is 0.455 e. The number of morpholine rings is 1. The Hall–Kier alpha value is -6.03. The number of aryl methyl sites for hydroxylation is 1. The number of nitrogens with one attached hydrogen (secondary N) is 2. The van der Waals surface area contributed by atoms with Gasteiger partial charge in [-0.25, -0.2) is 18.3 Å². The van der Waals surface area contributed by atoms with Crippen LogP contribution in [0.1, 0.15) is 60.2 Å². The average molecular weight is 984 g/mol. The molecule has 2 N–H and O–H groups in total. The minimum atomic E-state index is -4.58. The Morgan fingerprint density at radius 2 is 1.77 bits per heavy atom. The van der Waals surface area contributed by atoms with Crippen LogP contribution in [0, 0.1) is 22.5 Å². The molecule has 368 valence electrons. The minimum Gasteiger partial charge on any atom is -0.455 e. The number of H-pyrrole nitrogens is 1. The largest absolute Gasteiger partial charge is 0.460 e. The molecule has 2 aromatic heterocycles. The number of benzene rings is 3. The summed E-state index contributed by atoms with van der Waals surface area (Å²) in [5.41, 5.74) is 3.46. The molecule has 14 nitrogen and oxygen atoms in total. The van der Waals surface area contributed by atoms with Crippen molar-refractivity contribution in [2.75, 3.05) is 74.9 Å². The van der Waals surface area contributed by atoms with E-state index in [4.69, 9.17) is 9.47 Å². The van der Waals surface area contributed by atoms with Gasteiger partial charge in [0.1, 0.15) is 28.6 Å². The van der Waals surface area contributed by atoms with Gasteiger partial charge in [0.25, 0.3) is 5.69 Å². The number of rotatable bonds is 14. The molecule has 4 heterocycles. The molecule has 5 aromatic rings. The second-order valence-electron chi connectivity index (χ2n) is 18.5. The predicted molar refractivity (Wildman–Crippen MR) is 247 cm³/mol. The van der Waals surface area contributed by atoms with Crippen molar-refractivity contribution in [1.29, 1.82) is 0 Å². The SMILES string of the molecule is Cc1cc(C(F)(F)F)ccc1C1=C(CN2CCN(c3ccc(C(=O)CS(=O)(=O)c4ccc(NCC5CN(C(F)(F)F)CCO5)c([N+](=O)[O-])c4)c(Oc4cnc5[nH]ccc5c4)c3)CC2)CCC(C)(C)C1. The first kappa shape index (κ1) is 49.4. The number of pyridine rings is 1. The van der Waals surface area contributed by atoms with E-state index >= 15 is 0 Å². The Bertz CT molecular complexity index is 2890. The lowest BCUT2D eigenvalue weighted by atomic mass is 9.72. The van der Waals surface area contributed by atoms with Crippen LogP contribution in [0.5, 0.6) is 11.5 Å². The number of fused-ring (bicyclic) bond motifs is 1. The fraction of sp³-hybridized carbons (Fsp3) is 0.417. The highest BCUT2D eigenvalue weighted by atomic mass is 32.2. The van der Waals surface area contributed by atoms with Crippen molar-refractivity contribution in [2.24, 2.45) is 5.41 Å². The molecular weight excluding hydrogens is 933 g/mol. The number of ether oxygens (including phenoxy) is 2. The summed E-state index contributed by atoms with van der Waals surface area (Å²) in [6.45, 7) is 7.91. The molecule has 8 rings (SSSR count). The van der Waals surface area contributed by atoms with Gasteiger partial charge < -0.3 is 24.7 Å². The standard InChI is InChI=1S/C48H51F6N7O7S/c1-30-20-33(47(49,50)51)4-7-38(30)40-24-46(2,3)12-10-32(40)27-58-14-16-59(17-15-58)34-5-8-39(44(22-34)68-35-21-31-11-13-55-45(31)57-25-35)43(62)29-69(65,66)37-6-9-41(42(23-37)61(63)64)56-26-36-28-60(18-19-67-36)48(52,53)54/h4-9,11,13,20-23,25,36,56H,10,12,14-19,24,26-29H2,1-3H3,(H,55,57). The molecule has 2 saturated heterocycles. The van der Waals surface area contributed by atoms with Crippen LogP contribution in [-0.2, 0) is 20.8 Å². The first-order valence-electron chi connectivity index (χ1n) is 22.4. The summed E-state index contributed by atoms with van der Waals surface area (Å²) in [6, 6.07) is 15.3. The number of sulfone groups is 1. The van der Waals surface area contributed by atoms with E-state index in [0.29, 0.717) is 49.6 Å². The molecule has 0 amide bonds. The highest BCUT2D eigenvalue weighted by Gasteiger charge is 2.40. The molecular formula is C48H51F6N7O7S. The maximum atomic E-state index is 14.0. The van der Waals surface area contributed by atoms with E-state index in [2.05, 4.69) is 38.9 Å². The number of piperazine rings is 1. The molecule has 2 fully saturated rings. The van der Waals surface area contributed by atoms with Crippen LogP contribution in [0.2, 0.25) is 0 Å². The number of allylic oxidation sites excluding steroid dienone is 1. The number of nitro groups is 1. The second-order valence-corrected chi connectivity index (χ2v) is 20.5. The number of hydrogen-bond donors (Lipinski definition) is 2. The Kier molecular flexibility index (Phi) is 13.9. The second kappa shape index (κ2) is 19.4. The number of nitrogens with zero attached hydrogens (tertiary/aromatic N) is 5. The van der Waals surface area contributed by atoms with E-state index in [0.717, 1.165) is 60.1 Å². The van der Waals surface area contributed by atoms with Gasteiger partial charge >= 0.3 is 12.5 Å². The lowest BCUT2D eigenvalue weighted by Crippen LogP contribution is -2.51. The summed E-state index contributed by atoms with van der Waals surface area (Å²) >= 11 is 0. The average Bonchev–Trinajstić information content (AvgIpc) is 3.76. The van der Waals surface area contributed by atoms with Crippen molar-refractivity contribution in [3.05, 3.63) is 117 Å². The van der Waals surface area contributed by atoms with Gasteiger partial charge in [-0.05, 0) is 96.8 Å². The normalized spacial score (nSPS) is 18.7. The van der Waals surface area contributed by atoms with Crippen molar-refractivity contribution in [3.63, 3.8) is 0 Å². The maximum Gasteiger partial charge on any atom is 0.460 e. The third-order valence-electron chi connectivity index (χ3n) is 12.9. The first-order chi connectivity index (χ1) is 32.5. The van der Waals surface area contributed by atoms with Crippen LogP contribution in [0.25, 0.3) is 16.6 Å². The molecule has 0 saturated carbocycles. The summed E-state index contributed by atoms with van der Waals surface area (Å²) in [4.78, 5) is 36.9. The Morgan fingerprint density at radius 1 is 1.00 bits per heavy atom. The van der Waals surface area contributed by atoms with Crippen LogP contribution in [0.3, 0.4) is 0 Å². The van der Waals surface area contributed by atoms with Gasteiger partial charge in [0.2, 0.25) is 0 Å². The number of aromatic nitrogens is 2. The van der Waals surface area contributed by atoms with E-state index in [1.54, 1.807) is 43.5 Å². The summed E-state index contributed by atoms with van der Waals surface area (Å²) in [5.74, 6) is -1.61. The van der Waals surface area contributed by atoms with Crippen LogP contribution in [0.15, 0.2) is 89.6 Å². The fourth-order valence-electron chi connectivity index (χ4n) is 9.17. The molecule has 1 unspecified atom stereocenters. The lowest BCUT2D eigenvalue weighted by Gasteiger charge is -2.39. The van der Waals surface area contributed by atoms with Gasteiger partial charge in [-0.1, -0.05) is 25.5 Å². The molecule has 0 bridgehead atoms. The van der Waals surface area contributed by atoms with Crippen LogP contribution >= 0.6 is 0 Å². The molecule has 21 heteroatoms. The Morgan fingerprint density at radius 3 is 2.48 bits per heavy atom. The summed E-state index contributed by atoms with van der Waals surface area (Å²) in [5, 5.41) is 15.5. The van der Waals surface area contributed by atoms with Crippen molar-refractivity contribution in [3.8, 4) is 11.5 Å². The van der Waals surface area contributed by atoms with Gasteiger partial charge in [-0.15, -0.1) is 0 Å². The van der Waals surface area contributed by atoms with E-state index in [-0.39, 0.29) is 52.8 Å². The van der Waals surface area contributed by atoms with E-state index in [1.807, 2.05) is 0 Å². The minimum absolute atomic E-state index is 0.0130. The maximum absolute atomic E-state index is 14.0. The monoisotopic (exact) mass is 983 g/mol. The summed E-state index contributed by atoms with van der Waals surface area (Å²) in [7, 11) is -4.51. The van der Waals surface area contributed by atoms with E-state index in [1.165, 1.54) is 23.9 Å². The van der Waals surface area contributed by atoms with E-state index in [9.17, 15) is 49.7 Å². The van der Waals surface area contributed by atoms with Gasteiger partial charge in [0, 0.05) is 81.8 Å².